The molecule has 0 aromatic heterocycles. The first-order valence-electron chi connectivity index (χ1n) is 5.92. The number of carbonyl (C=O) groups excluding carboxylic acids is 1. The zero-order valence-electron chi connectivity index (χ0n) is 10.1. The van der Waals surface area contributed by atoms with Crippen molar-refractivity contribution in [1.29, 1.82) is 0 Å². The number of rotatable bonds is 5. The Labute approximate surface area is 96.8 Å². The van der Waals surface area contributed by atoms with Crippen molar-refractivity contribution in [2.24, 2.45) is 0 Å². The number of ether oxygens (including phenoxy) is 1. The molecule has 0 radical (unpaired) electrons. The lowest BCUT2D eigenvalue weighted by molar-refractivity contribution is -0.137. The summed E-state index contributed by atoms with van der Waals surface area (Å²) < 4.78 is 5.20. The van der Waals surface area contributed by atoms with Crippen molar-refractivity contribution in [2.45, 2.75) is 32.4 Å². The van der Waals surface area contributed by atoms with Gasteiger partial charge in [-0.05, 0) is 13.3 Å². The molecule has 1 amide bonds. The van der Waals surface area contributed by atoms with Crippen molar-refractivity contribution in [1.82, 2.24) is 10.2 Å². The van der Waals surface area contributed by atoms with Crippen LogP contribution in [0, 0.1) is 0 Å². The molecular weight excluding hydrogens is 208 g/mol. The van der Waals surface area contributed by atoms with Gasteiger partial charge in [0.2, 0.25) is 5.91 Å². The van der Waals surface area contributed by atoms with E-state index in [-0.39, 0.29) is 24.6 Å². The largest absolute Gasteiger partial charge is 0.395 e. The number of hydrogen-bond donors (Lipinski definition) is 2. The van der Waals surface area contributed by atoms with Gasteiger partial charge in [0.15, 0.2) is 0 Å². The van der Waals surface area contributed by atoms with Crippen LogP contribution in [0.15, 0.2) is 0 Å². The van der Waals surface area contributed by atoms with Crippen LogP contribution >= 0.6 is 0 Å². The predicted octanol–water partition coefficient (Wildman–Crippen LogP) is -0.406. The molecule has 0 saturated carbocycles. The van der Waals surface area contributed by atoms with Crippen LogP contribution in [0.4, 0.5) is 0 Å². The lowest BCUT2D eigenvalue weighted by Crippen LogP contribution is -2.52. The van der Waals surface area contributed by atoms with Crippen LogP contribution in [0.5, 0.6) is 0 Å². The lowest BCUT2D eigenvalue weighted by Gasteiger charge is -2.30. The smallest absolute Gasteiger partial charge is 0.239 e. The Bertz CT molecular complexity index is 213. The zero-order chi connectivity index (χ0) is 12.0. The van der Waals surface area contributed by atoms with E-state index in [1.54, 1.807) is 0 Å². The summed E-state index contributed by atoms with van der Waals surface area (Å²) in [7, 11) is 0. The number of aliphatic hydroxyl groups excluding tert-OH is 1. The minimum Gasteiger partial charge on any atom is -0.395 e. The number of nitrogens with zero attached hydrogens (tertiary/aromatic N) is 1. The maximum atomic E-state index is 12.0. The van der Waals surface area contributed by atoms with Crippen LogP contribution < -0.4 is 5.32 Å². The average molecular weight is 230 g/mol. The Morgan fingerprint density at radius 3 is 2.62 bits per heavy atom. The molecule has 1 aliphatic rings. The lowest BCUT2D eigenvalue weighted by atomic mass is 10.2. The standard InChI is InChI=1S/C11H22N2O3/c1-3-10(8-14)12-9(2)11(15)13-4-6-16-7-5-13/h9-10,12,14H,3-8H2,1-2H3. The molecule has 1 saturated heterocycles. The molecule has 94 valence electrons. The Balaban J connectivity index is 2.39. The first-order valence-corrected chi connectivity index (χ1v) is 5.92. The van der Waals surface area contributed by atoms with Gasteiger partial charge in [0.1, 0.15) is 0 Å². The highest BCUT2D eigenvalue weighted by atomic mass is 16.5. The molecule has 2 N–H and O–H groups in total. The van der Waals surface area contributed by atoms with Gasteiger partial charge in [-0.15, -0.1) is 0 Å². The zero-order valence-corrected chi connectivity index (χ0v) is 10.1. The van der Waals surface area contributed by atoms with E-state index < -0.39 is 0 Å². The molecule has 16 heavy (non-hydrogen) atoms. The fourth-order valence-electron chi connectivity index (χ4n) is 1.78. The fourth-order valence-corrected chi connectivity index (χ4v) is 1.78. The van der Waals surface area contributed by atoms with E-state index in [1.165, 1.54) is 0 Å². The van der Waals surface area contributed by atoms with E-state index in [0.29, 0.717) is 26.3 Å². The van der Waals surface area contributed by atoms with Gasteiger partial charge in [-0.1, -0.05) is 6.92 Å². The summed E-state index contributed by atoms with van der Waals surface area (Å²) >= 11 is 0. The van der Waals surface area contributed by atoms with Gasteiger partial charge in [0.25, 0.3) is 0 Å². The summed E-state index contributed by atoms with van der Waals surface area (Å²) in [6.07, 6.45) is 0.817. The maximum absolute atomic E-state index is 12.0. The van der Waals surface area contributed by atoms with Gasteiger partial charge in [0, 0.05) is 19.1 Å². The van der Waals surface area contributed by atoms with Crippen molar-refractivity contribution in [2.75, 3.05) is 32.9 Å². The quantitative estimate of drug-likeness (QED) is 0.674. The molecule has 0 aliphatic carbocycles. The third-order valence-corrected chi connectivity index (χ3v) is 2.89. The summed E-state index contributed by atoms with van der Waals surface area (Å²) in [6.45, 7) is 6.47. The van der Waals surface area contributed by atoms with Gasteiger partial charge in [-0.25, -0.2) is 0 Å². The highest BCUT2D eigenvalue weighted by Crippen LogP contribution is 2.02. The molecule has 1 heterocycles. The number of nitrogens with one attached hydrogen (secondary N) is 1. The topological polar surface area (TPSA) is 61.8 Å². The highest BCUT2D eigenvalue weighted by molar-refractivity contribution is 5.81. The van der Waals surface area contributed by atoms with Crippen LogP contribution in [0.1, 0.15) is 20.3 Å². The van der Waals surface area contributed by atoms with E-state index in [2.05, 4.69) is 5.32 Å². The molecule has 0 spiro atoms. The third-order valence-electron chi connectivity index (χ3n) is 2.89. The molecule has 2 unspecified atom stereocenters. The Kier molecular flexibility index (Phi) is 5.73. The van der Waals surface area contributed by atoms with Crippen LogP contribution in [0.3, 0.4) is 0 Å². The van der Waals surface area contributed by atoms with E-state index >= 15 is 0 Å². The number of morpholine rings is 1. The molecule has 5 nitrogen and oxygen atoms in total. The molecule has 0 aromatic rings. The van der Waals surface area contributed by atoms with Gasteiger partial charge in [-0.3, -0.25) is 4.79 Å². The first-order chi connectivity index (χ1) is 7.69. The second-order valence-electron chi connectivity index (χ2n) is 4.11. The Morgan fingerprint density at radius 1 is 1.50 bits per heavy atom. The summed E-state index contributed by atoms with van der Waals surface area (Å²) in [5.41, 5.74) is 0. The minimum atomic E-state index is -0.241. The SMILES string of the molecule is CCC(CO)NC(C)C(=O)N1CCOCC1. The maximum Gasteiger partial charge on any atom is 0.239 e. The molecule has 5 heteroatoms. The van der Waals surface area contributed by atoms with Crippen molar-refractivity contribution in [3.05, 3.63) is 0 Å². The summed E-state index contributed by atoms with van der Waals surface area (Å²) in [5, 5.41) is 12.2. The fraction of sp³-hybridized carbons (Fsp3) is 0.909. The van der Waals surface area contributed by atoms with Gasteiger partial charge in [-0.2, -0.15) is 0 Å². The van der Waals surface area contributed by atoms with Crippen molar-refractivity contribution in [3.8, 4) is 0 Å². The van der Waals surface area contributed by atoms with E-state index in [4.69, 9.17) is 9.84 Å². The van der Waals surface area contributed by atoms with Gasteiger partial charge < -0.3 is 20.1 Å². The van der Waals surface area contributed by atoms with Crippen molar-refractivity contribution < 1.29 is 14.6 Å². The highest BCUT2D eigenvalue weighted by Gasteiger charge is 2.23. The van der Waals surface area contributed by atoms with Crippen LogP contribution in [0.25, 0.3) is 0 Å². The molecule has 1 aliphatic heterocycles. The first kappa shape index (κ1) is 13.4. The van der Waals surface area contributed by atoms with E-state index in [9.17, 15) is 4.79 Å². The van der Waals surface area contributed by atoms with Crippen LogP contribution in [0.2, 0.25) is 0 Å². The second-order valence-corrected chi connectivity index (χ2v) is 4.11. The molecule has 1 rings (SSSR count). The van der Waals surface area contributed by atoms with E-state index in [1.807, 2.05) is 18.7 Å². The summed E-state index contributed by atoms with van der Waals surface area (Å²) in [6, 6.07) is -0.241. The van der Waals surface area contributed by atoms with Crippen LogP contribution in [-0.4, -0.2) is 60.9 Å². The molecule has 1 fully saturated rings. The molecule has 0 bridgehead atoms. The number of aliphatic hydroxyl groups is 1. The predicted molar refractivity (Wildman–Crippen MR) is 61.2 cm³/mol. The van der Waals surface area contributed by atoms with E-state index in [0.717, 1.165) is 6.42 Å². The number of carbonyl (C=O) groups is 1. The van der Waals surface area contributed by atoms with Gasteiger partial charge in [0.05, 0.1) is 25.9 Å². The average Bonchev–Trinajstić information content (AvgIpc) is 2.35. The number of amides is 1. The summed E-state index contributed by atoms with van der Waals surface area (Å²) in [4.78, 5) is 13.8. The van der Waals surface area contributed by atoms with Crippen molar-refractivity contribution >= 4 is 5.91 Å². The number of hydrogen-bond acceptors (Lipinski definition) is 4. The minimum absolute atomic E-state index is 0.00000874. The second kappa shape index (κ2) is 6.83. The molecular formula is C11H22N2O3. The Hall–Kier alpha value is -0.650. The molecule has 0 aromatic carbocycles. The Morgan fingerprint density at radius 2 is 2.12 bits per heavy atom. The summed E-state index contributed by atoms with van der Waals surface area (Å²) in [5.74, 6) is 0.0928. The van der Waals surface area contributed by atoms with Crippen LogP contribution in [-0.2, 0) is 9.53 Å². The van der Waals surface area contributed by atoms with Gasteiger partial charge >= 0.3 is 0 Å². The molecule has 2 atom stereocenters. The monoisotopic (exact) mass is 230 g/mol. The van der Waals surface area contributed by atoms with Crippen molar-refractivity contribution in [3.63, 3.8) is 0 Å². The third kappa shape index (κ3) is 3.73. The normalized spacial score (nSPS) is 20.6.